The van der Waals surface area contributed by atoms with E-state index in [1.165, 1.54) is 24.3 Å². The van der Waals surface area contributed by atoms with Crippen LogP contribution in [0.2, 0.25) is 0 Å². The SMILES string of the molecule is CCCCCC(=O)Nc1cccc(NC(=S)NC(=O)c2ccc(F)cc2)c1. The lowest BCUT2D eigenvalue weighted by Crippen LogP contribution is -2.34. The first-order valence-electron chi connectivity index (χ1n) is 8.75. The van der Waals surface area contributed by atoms with E-state index in [2.05, 4.69) is 22.9 Å². The maximum absolute atomic E-state index is 12.9. The summed E-state index contributed by atoms with van der Waals surface area (Å²) in [5, 5.41) is 8.37. The fourth-order valence-corrected chi connectivity index (χ4v) is 2.58. The van der Waals surface area contributed by atoms with E-state index in [1.807, 2.05) is 0 Å². The summed E-state index contributed by atoms with van der Waals surface area (Å²) in [5.74, 6) is -0.888. The number of hydrogen-bond donors (Lipinski definition) is 3. The predicted molar refractivity (Wildman–Crippen MR) is 109 cm³/mol. The molecule has 0 heterocycles. The predicted octanol–water partition coefficient (Wildman–Crippen LogP) is 4.47. The summed E-state index contributed by atoms with van der Waals surface area (Å²) in [6, 6.07) is 12.2. The molecule has 0 bridgehead atoms. The van der Waals surface area contributed by atoms with Gasteiger partial charge in [-0.05, 0) is 61.1 Å². The monoisotopic (exact) mass is 387 g/mol. The summed E-state index contributed by atoms with van der Waals surface area (Å²) in [4.78, 5) is 24.0. The first kappa shape index (κ1) is 20.5. The smallest absolute Gasteiger partial charge is 0.257 e. The van der Waals surface area contributed by atoms with Gasteiger partial charge >= 0.3 is 0 Å². The summed E-state index contributed by atoms with van der Waals surface area (Å²) >= 11 is 5.14. The highest BCUT2D eigenvalue weighted by atomic mass is 32.1. The van der Waals surface area contributed by atoms with Gasteiger partial charge in [0.2, 0.25) is 5.91 Å². The van der Waals surface area contributed by atoms with Gasteiger partial charge in [-0.25, -0.2) is 4.39 Å². The Labute approximate surface area is 163 Å². The zero-order valence-electron chi connectivity index (χ0n) is 15.0. The number of unbranched alkanes of at least 4 members (excludes halogenated alkanes) is 2. The summed E-state index contributed by atoms with van der Waals surface area (Å²) in [7, 11) is 0. The summed E-state index contributed by atoms with van der Waals surface area (Å²) < 4.78 is 12.9. The first-order valence-corrected chi connectivity index (χ1v) is 9.16. The molecule has 0 spiro atoms. The molecule has 0 saturated heterocycles. The normalized spacial score (nSPS) is 10.1. The topological polar surface area (TPSA) is 70.2 Å². The lowest BCUT2D eigenvalue weighted by Gasteiger charge is -2.11. The third-order valence-electron chi connectivity index (χ3n) is 3.75. The number of rotatable bonds is 7. The van der Waals surface area contributed by atoms with Crippen molar-refractivity contribution in [3.63, 3.8) is 0 Å². The highest BCUT2D eigenvalue weighted by molar-refractivity contribution is 7.80. The Bertz CT molecular complexity index is 809. The molecule has 27 heavy (non-hydrogen) atoms. The zero-order chi connectivity index (χ0) is 19.6. The van der Waals surface area contributed by atoms with Crippen molar-refractivity contribution in [2.24, 2.45) is 0 Å². The van der Waals surface area contributed by atoms with Crippen molar-refractivity contribution in [1.82, 2.24) is 5.32 Å². The molecular weight excluding hydrogens is 365 g/mol. The van der Waals surface area contributed by atoms with Crippen molar-refractivity contribution in [1.29, 1.82) is 0 Å². The number of anilines is 2. The van der Waals surface area contributed by atoms with Crippen LogP contribution in [0.3, 0.4) is 0 Å². The van der Waals surface area contributed by atoms with E-state index < -0.39 is 11.7 Å². The van der Waals surface area contributed by atoms with Crippen LogP contribution < -0.4 is 16.0 Å². The van der Waals surface area contributed by atoms with E-state index in [1.54, 1.807) is 24.3 Å². The van der Waals surface area contributed by atoms with Crippen LogP contribution >= 0.6 is 12.2 Å². The average Bonchev–Trinajstić information content (AvgIpc) is 2.62. The molecule has 5 nitrogen and oxygen atoms in total. The molecule has 2 aromatic carbocycles. The van der Waals surface area contributed by atoms with E-state index >= 15 is 0 Å². The van der Waals surface area contributed by atoms with Crippen molar-refractivity contribution < 1.29 is 14.0 Å². The molecule has 7 heteroatoms. The number of carbonyl (C=O) groups excluding carboxylic acids is 2. The van der Waals surface area contributed by atoms with Crippen LogP contribution in [-0.2, 0) is 4.79 Å². The van der Waals surface area contributed by atoms with Gasteiger partial charge in [0.15, 0.2) is 5.11 Å². The molecule has 0 fully saturated rings. The van der Waals surface area contributed by atoms with E-state index in [4.69, 9.17) is 12.2 Å². The van der Waals surface area contributed by atoms with Crippen LogP contribution in [0.5, 0.6) is 0 Å². The van der Waals surface area contributed by atoms with E-state index in [9.17, 15) is 14.0 Å². The first-order chi connectivity index (χ1) is 13.0. The molecule has 2 amide bonds. The highest BCUT2D eigenvalue weighted by Gasteiger charge is 2.09. The van der Waals surface area contributed by atoms with Gasteiger partial charge in [0.05, 0.1) is 0 Å². The van der Waals surface area contributed by atoms with Crippen LogP contribution in [0.15, 0.2) is 48.5 Å². The number of amides is 2. The Kier molecular flexibility index (Phi) is 7.88. The van der Waals surface area contributed by atoms with Gasteiger partial charge < -0.3 is 10.6 Å². The number of benzene rings is 2. The largest absolute Gasteiger partial charge is 0.332 e. The fraction of sp³-hybridized carbons (Fsp3) is 0.250. The molecule has 0 unspecified atom stereocenters. The second kappa shape index (κ2) is 10.4. The molecule has 0 aromatic heterocycles. The van der Waals surface area contributed by atoms with Crippen molar-refractivity contribution in [2.75, 3.05) is 10.6 Å². The van der Waals surface area contributed by atoms with Crippen molar-refractivity contribution in [2.45, 2.75) is 32.6 Å². The molecule has 0 saturated carbocycles. The van der Waals surface area contributed by atoms with Crippen LogP contribution in [0, 0.1) is 5.82 Å². The molecule has 142 valence electrons. The van der Waals surface area contributed by atoms with E-state index in [0.29, 0.717) is 23.4 Å². The Balaban J connectivity index is 1.89. The Morgan fingerprint density at radius 2 is 1.67 bits per heavy atom. The molecular formula is C20H22FN3O2S. The Morgan fingerprint density at radius 1 is 1.00 bits per heavy atom. The molecule has 3 N–H and O–H groups in total. The molecule has 0 aliphatic heterocycles. The van der Waals surface area contributed by atoms with Gasteiger partial charge in [-0.2, -0.15) is 0 Å². The third kappa shape index (κ3) is 7.15. The minimum Gasteiger partial charge on any atom is -0.332 e. The van der Waals surface area contributed by atoms with E-state index in [-0.39, 0.29) is 11.0 Å². The van der Waals surface area contributed by atoms with Crippen LogP contribution in [0.4, 0.5) is 15.8 Å². The number of nitrogens with one attached hydrogen (secondary N) is 3. The standard InChI is InChI=1S/C20H22FN3O2S/c1-2-3-4-8-18(25)22-16-6-5-7-17(13-16)23-20(27)24-19(26)14-9-11-15(21)12-10-14/h5-7,9-13H,2-4,8H2,1H3,(H,22,25)(H2,23,24,26,27). The quantitative estimate of drug-likeness (QED) is 0.484. The Morgan fingerprint density at radius 3 is 2.33 bits per heavy atom. The molecule has 0 atom stereocenters. The van der Waals surface area contributed by atoms with Gasteiger partial charge in [-0.3, -0.25) is 14.9 Å². The maximum Gasteiger partial charge on any atom is 0.257 e. The second-order valence-electron chi connectivity index (χ2n) is 6.00. The number of thiocarbonyl (C=S) groups is 1. The van der Waals surface area contributed by atoms with Crippen molar-refractivity contribution in [3.05, 3.63) is 59.9 Å². The number of carbonyl (C=O) groups is 2. The van der Waals surface area contributed by atoms with Gasteiger partial charge in [-0.1, -0.05) is 25.8 Å². The van der Waals surface area contributed by atoms with E-state index in [0.717, 1.165) is 19.3 Å². The minimum absolute atomic E-state index is 0.0345. The van der Waals surface area contributed by atoms with Gasteiger partial charge in [0.1, 0.15) is 5.82 Å². The minimum atomic E-state index is -0.437. The summed E-state index contributed by atoms with van der Waals surface area (Å²) in [5.41, 5.74) is 1.58. The number of halogens is 1. The van der Waals surface area contributed by atoms with Crippen LogP contribution in [0.1, 0.15) is 43.0 Å². The maximum atomic E-state index is 12.9. The Hall–Kier alpha value is -2.80. The molecule has 2 aromatic rings. The lowest BCUT2D eigenvalue weighted by atomic mass is 10.2. The molecule has 0 radical (unpaired) electrons. The molecule has 2 rings (SSSR count). The summed E-state index contributed by atoms with van der Waals surface area (Å²) in [6.45, 7) is 2.09. The fourth-order valence-electron chi connectivity index (χ4n) is 2.37. The number of hydrogen-bond acceptors (Lipinski definition) is 3. The zero-order valence-corrected chi connectivity index (χ0v) is 15.9. The molecule has 0 aliphatic rings. The summed E-state index contributed by atoms with van der Waals surface area (Å²) in [6.07, 6.45) is 3.43. The van der Waals surface area contributed by atoms with Crippen LogP contribution in [-0.4, -0.2) is 16.9 Å². The van der Waals surface area contributed by atoms with Crippen LogP contribution in [0.25, 0.3) is 0 Å². The lowest BCUT2D eigenvalue weighted by molar-refractivity contribution is -0.116. The van der Waals surface area contributed by atoms with Crippen molar-refractivity contribution >= 4 is 40.5 Å². The third-order valence-corrected chi connectivity index (χ3v) is 3.95. The van der Waals surface area contributed by atoms with Crippen molar-refractivity contribution in [3.8, 4) is 0 Å². The van der Waals surface area contributed by atoms with Gasteiger partial charge in [-0.15, -0.1) is 0 Å². The van der Waals surface area contributed by atoms with Gasteiger partial charge in [0, 0.05) is 23.4 Å². The van der Waals surface area contributed by atoms with Gasteiger partial charge in [0.25, 0.3) is 5.91 Å². The second-order valence-corrected chi connectivity index (χ2v) is 6.41. The molecule has 0 aliphatic carbocycles. The highest BCUT2D eigenvalue weighted by Crippen LogP contribution is 2.16. The average molecular weight is 387 g/mol.